The minimum Gasteiger partial charge on any atom is -0.352 e. The quantitative estimate of drug-likeness (QED) is 0.470. The van der Waals surface area contributed by atoms with Crippen molar-refractivity contribution < 1.29 is 31.4 Å². The van der Waals surface area contributed by atoms with Crippen LogP contribution in [0.5, 0.6) is 0 Å². The van der Waals surface area contributed by atoms with Gasteiger partial charge in [-0.05, 0) is 49.8 Å². The van der Waals surface area contributed by atoms with Crippen molar-refractivity contribution in [1.29, 1.82) is 0 Å². The Morgan fingerprint density at radius 2 is 1.60 bits per heavy atom. The third kappa shape index (κ3) is 5.92. The van der Waals surface area contributed by atoms with Gasteiger partial charge in [0.05, 0.1) is 13.2 Å². The lowest BCUT2D eigenvalue weighted by Crippen LogP contribution is -2.31. The summed E-state index contributed by atoms with van der Waals surface area (Å²) in [4.78, 5) is 0. The summed E-state index contributed by atoms with van der Waals surface area (Å²) in [7, 11) is 0. The summed E-state index contributed by atoms with van der Waals surface area (Å²) in [5, 5.41) is 0. The molecule has 7 heteroatoms. The highest BCUT2D eigenvalue weighted by Crippen LogP contribution is 2.34. The van der Waals surface area contributed by atoms with Crippen molar-refractivity contribution in [3.63, 3.8) is 0 Å². The van der Waals surface area contributed by atoms with Crippen LogP contribution in [0.4, 0.5) is 22.0 Å². The second-order valence-corrected chi connectivity index (χ2v) is 6.43. The van der Waals surface area contributed by atoms with Crippen LogP contribution in [0.2, 0.25) is 0 Å². The molecule has 25 heavy (non-hydrogen) atoms. The molecule has 0 unspecified atom stereocenters. The molecule has 1 heterocycles. The first-order valence-corrected chi connectivity index (χ1v) is 8.59. The van der Waals surface area contributed by atoms with Gasteiger partial charge in [0, 0.05) is 5.92 Å². The molecule has 1 fully saturated rings. The third-order valence-electron chi connectivity index (χ3n) is 4.27. The van der Waals surface area contributed by atoms with E-state index >= 15 is 0 Å². The van der Waals surface area contributed by atoms with Crippen LogP contribution in [-0.2, 0) is 22.1 Å². The highest BCUT2D eigenvalue weighted by Gasteiger charge is 2.37. The molecule has 2 nitrogen and oxygen atoms in total. The Hall–Kier alpha value is -1.21. The number of ether oxygens (including phenoxy) is 2. The molecule has 2 rings (SSSR count). The Bertz CT molecular complexity index is 528. The lowest BCUT2D eigenvalue weighted by Gasteiger charge is -2.29. The van der Waals surface area contributed by atoms with E-state index in [1.54, 1.807) is 0 Å². The fourth-order valence-corrected chi connectivity index (χ4v) is 3.01. The van der Waals surface area contributed by atoms with Gasteiger partial charge in [-0.3, -0.25) is 0 Å². The molecule has 0 atom stereocenters. The van der Waals surface area contributed by atoms with Crippen LogP contribution in [0.15, 0.2) is 12.1 Å². The minimum atomic E-state index is -5.03. The molecule has 0 aliphatic carbocycles. The van der Waals surface area contributed by atoms with Crippen molar-refractivity contribution in [2.24, 2.45) is 5.92 Å². The number of alkyl halides is 3. The van der Waals surface area contributed by atoms with E-state index < -0.39 is 23.4 Å². The van der Waals surface area contributed by atoms with Crippen LogP contribution in [0, 0.1) is 17.6 Å². The van der Waals surface area contributed by atoms with E-state index in [1.165, 1.54) is 0 Å². The van der Waals surface area contributed by atoms with Gasteiger partial charge in [0.25, 0.3) is 0 Å². The highest BCUT2D eigenvalue weighted by molar-refractivity contribution is 5.28. The SMILES string of the molecule is CCCC1COC(CCCCc2cc(F)c(C(F)(F)F)c(F)c2)OC1. The summed E-state index contributed by atoms with van der Waals surface area (Å²) in [6, 6.07) is 1.52. The van der Waals surface area contributed by atoms with E-state index in [9.17, 15) is 22.0 Å². The van der Waals surface area contributed by atoms with E-state index in [4.69, 9.17) is 9.47 Å². The molecule has 1 aliphatic rings. The second-order valence-electron chi connectivity index (χ2n) is 6.43. The molecule has 1 aromatic carbocycles. The van der Waals surface area contributed by atoms with Crippen LogP contribution < -0.4 is 0 Å². The van der Waals surface area contributed by atoms with E-state index in [0.717, 1.165) is 25.0 Å². The van der Waals surface area contributed by atoms with E-state index in [2.05, 4.69) is 6.92 Å². The first-order chi connectivity index (χ1) is 11.8. The first kappa shape index (κ1) is 20.1. The minimum absolute atomic E-state index is 0.219. The topological polar surface area (TPSA) is 18.5 Å². The van der Waals surface area contributed by atoms with Gasteiger partial charge < -0.3 is 9.47 Å². The number of hydrogen-bond acceptors (Lipinski definition) is 2. The number of rotatable bonds is 7. The predicted molar refractivity (Wildman–Crippen MR) is 83.0 cm³/mol. The second kappa shape index (κ2) is 8.94. The third-order valence-corrected chi connectivity index (χ3v) is 4.27. The Kier molecular flexibility index (Phi) is 7.19. The van der Waals surface area contributed by atoms with Crippen molar-refractivity contribution in [1.82, 2.24) is 0 Å². The van der Waals surface area contributed by atoms with Gasteiger partial charge in [-0.1, -0.05) is 13.3 Å². The molecule has 1 saturated heterocycles. The summed E-state index contributed by atoms with van der Waals surface area (Å²) in [6.45, 7) is 3.46. The summed E-state index contributed by atoms with van der Waals surface area (Å²) in [5.41, 5.74) is -1.61. The van der Waals surface area contributed by atoms with Gasteiger partial charge >= 0.3 is 6.18 Å². The summed E-state index contributed by atoms with van der Waals surface area (Å²) in [6.07, 6.45) is -0.895. The molecule has 0 saturated carbocycles. The van der Waals surface area contributed by atoms with Crippen LogP contribution in [0.3, 0.4) is 0 Å². The zero-order chi connectivity index (χ0) is 18.4. The number of halogens is 5. The van der Waals surface area contributed by atoms with Crippen molar-refractivity contribution in [3.05, 3.63) is 34.9 Å². The normalized spacial score (nSPS) is 21.5. The molecule has 142 valence electrons. The Labute approximate surface area is 144 Å². The first-order valence-electron chi connectivity index (χ1n) is 8.59. The van der Waals surface area contributed by atoms with E-state index in [-0.39, 0.29) is 11.9 Å². The molecule has 0 radical (unpaired) electrons. The van der Waals surface area contributed by atoms with Crippen molar-refractivity contribution >= 4 is 0 Å². The van der Waals surface area contributed by atoms with Gasteiger partial charge in [-0.15, -0.1) is 0 Å². The number of unbranched alkanes of at least 4 members (excludes halogenated alkanes) is 1. The van der Waals surface area contributed by atoms with Gasteiger partial charge in [0.15, 0.2) is 6.29 Å². The van der Waals surface area contributed by atoms with Crippen molar-refractivity contribution in [2.45, 2.75) is 57.9 Å². The molecule has 1 aromatic rings. The van der Waals surface area contributed by atoms with Crippen LogP contribution in [0.25, 0.3) is 0 Å². The van der Waals surface area contributed by atoms with E-state index in [0.29, 0.717) is 44.8 Å². The zero-order valence-electron chi connectivity index (χ0n) is 14.2. The van der Waals surface area contributed by atoms with Crippen LogP contribution in [-0.4, -0.2) is 19.5 Å². The Morgan fingerprint density at radius 1 is 1.00 bits per heavy atom. The molecular weight excluding hydrogens is 343 g/mol. The number of aryl methyl sites for hydroxylation is 1. The van der Waals surface area contributed by atoms with Crippen LogP contribution in [0.1, 0.15) is 50.2 Å². The number of hydrogen-bond donors (Lipinski definition) is 0. The average molecular weight is 366 g/mol. The molecular formula is C18H23F5O2. The fourth-order valence-electron chi connectivity index (χ4n) is 3.01. The molecule has 0 amide bonds. The van der Waals surface area contributed by atoms with E-state index in [1.807, 2.05) is 0 Å². The van der Waals surface area contributed by atoms with Crippen molar-refractivity contribution in [3.8, 4) is 0 Å². The Balaban J connectivity index is 1.76. The standard InChI is InChI=1S/C18H23F5O2/c1-2-5-13-10-24-16(25-11-13)7-4-3-6-12-8-14(19)17(15(20)9-12)18(21,22)23/h8-9,13,16H,2-7,10-11H2,1H3. The van der Waals surface area contributed by atoms with Gasteiger partial charge in [-0.2, -0.15) is 13.2 Å². The van der Waals surface area contributed by atoms with Gasteiger partial charge in [0.2, 0.25) is 0 Å². The highest BCUT2D eigenvalue weighted by atomic mass is 19.4. The maximum absolute atomic E-state index is 13.5. The van der Waals surface area contributed by atoms with Crippen molar-refractivity contribution in [2.75, 3.05) is 13.2 Å². The Morgan fingerprint density at radius 3 is 2.12 bits per heavy atom. The lowest BCUT2D eigenvalue weighted by atomic mass is 10.0. The molecule has 0 aromatic heterocycles. The number of benzene rings is 1. The smallest absolute Gasteiger partial charge is 0.352 e. The van der Waals surface area contributed by atoms with Crippen LogP contribution >= 0.6 is 0 Å². The maximum atomic E-state index is 13.5. The van der Waals surface area contributed by atoms with Gasteiger partial charge in [-0.25, -0.2) is 8.78 Å². The lowest BCUT2D eigenvalue weighted by molar-refractivity contribution is -0.204. The summed E-state index contributed by atoms with van der Waals surface area (Å²) >= 11 is 0. The molecule has 0 bridgehead atoms. The average Bonchev–Trinajstić information content (AvgIpc) is 2.51. The fraction of sp³-hybridized carbons (Fsp3) is 0.667. The zero-order valence-corrected chi connectivity index (χ0v) is 14.2. The molecule has 1 aliphatic heterocycles. The predicted octanol–water partition coefficient (Wildman–Crippen LogP) is 5.49. The largest absolute Gasteiger partial charge is 0.422 e. The van der Waals surface area contributed by atoms with Gasteiger partial charge in [0.1, 0.15) is 17.2 Å². The molecule has 0 N–H and O–H groups in total. The summed E-state index contributed by atoms with van der Waals surface area (Å²) < 4.78 is 75.8. The maximum Gasteiger partial charge on any atom is 0.422 e. The summed E-state index contributed by atoms with van der Waals surface area (Å²) in [5.74, 6) is -2.70. The monoisotopic (exact) mass is 366 g/mol. The molecule has 0 spiro atoms.